The van der Waals surface area contributed by atoms with Crippen LogP contribution in [0.1, 0.15) is 16.1 Å². The molecule has 2 aromatic carbocycles. The van der Waals surface area contributed by atoms with Crippen molar-refractivity contribution in [2.24, 2.45) is 4.99 Å². The average molecular weight is 417 g/mol. The van der Waals surface area contributed by atoms with E-state index in [9.17, 15) is 0 Å². The Hall–Kier alpha value is -3.45. The van der Waals surface area contributed by atoms with Gasteiger partial charge in [-0.05, 0) is 17.2 Å². The normalized spacial score (nSPS) is 11.4. The van der Waals surface area contributed by atoms with E-state index in [0.717, 1.165) is 28.8 Å². The van der Waals surface area contributed by atoms with Crippen LogP contribution < -0.4 is 10.6 Å². The van der Waals surface area contributed by atoms with Gasteiger partial charge in [-0.1, -0.05) is 54.6 Å². The Balaban J connectivity index is 1.33. The molecule has 0 aliphatic carbocycles. The third-order valence-electron chi connectivity index (χ3n) is 4.71. The van der Waals surface area contributed by atoms with Gasteiger partial charge in [0, 0.05) is 36.9 Å². The first kappa shape index (κ1) is 19.8. The number of thiazole rings is 1. The largest absolute Gasteiger partial charge is 0.352 e. The summed E-state index contributed by atoms with van der Waals surface area (Å²) in [4.78, 5) is 9.07. The fourth-order valence-corrected chi connectivity index (χ4v) is 3.89. The monoisotopic (exact) mass is 416 g/mol. The van der Waals surface area contributed by atoms with Crippen molar-refractivity contribution >= 4 is 17.3 Å². The van der Waals surface area contributed by atoms with Gasteiger partial charge in [0.15, 0.2) is 5.96 Å². The van der Waals surface area contributed by atoms with E-state index in [1.165, 1.54) is 11.1 Å². The topological polar surface area (TPSA) is 67.1 Å². The quantitative estimate of drug-likeness (QED) is 0.354. The summed E-state index contributed by atoms with van der Waals surface area (Å²) in [6.45, 7) is 2.06. The van der Waals surface area contributed by atoms with Crippen LogP contribution in [0, 0.1) is 0 Å². The Morgan fingerprint density at radius 1 is 0.967 bits per heavy atom. The maximum atomic E-state index is 4.72. The van der Waals surface area contributed by atoms with E-state index in [2.05, 4.69) is 62.5 Å². The van der Waals surface area contributed by atoms with Gasteiger partial charge >= 0.3 is 0 Å². The molecule has 6 nitrogen and oxygen atoms in total. The standard InChI is InChI=1S/C23H24N6S/c1-24-23(26-15-22-28-21(17-30-22)18-8-3-2-4-9-18)25-14-19-10-5-6-11-20(19)16-29-13-7-12-27-29/h2-13,17H,14-16H2,1H3,(H2,24,25,26). The SMILES string of the molecule is CN=C(NCc1nc(-c2ccccc2)cs1)NCc1ccccc1Cn1cccn1. The molecule has 7 heteroatoms. The van der Waals surface area contributed by atoms with E-state index in [0.29, 0.717) is 13.1 Å². The summed E-state index contributed by atoms with van der Waals surface area (Å²) in [6, 6.07) is 20.5. The lowest BCUT2D eigenvalue weighted by atomic mass is 10.1. The van der Waals surface area contributed by atoms with Crippen molar-refractivity contribution in [3.63, 3.8) is 0 Å². The minimum atomic E-state index is 0.631. The van der Waals surface area contributed by atoms with Crippen molar-refractivity contribution in [3.05, 3.63) is 94.6 Å². The second kappa shape index (κ2) is 9.84. The highest BCUT2D eigenvalue weighted by Crippen LogP contribution is 2.21. The van der Waals surface area contributed by atoms with E-state index in [-0.39, 0.29) is 0 Å². The molecule has 0 fully saturated rings. The highest BCUT2D eigenvalue weighted by atomic mass is 32.1. The van der Waals surface area contributed by atoms with Crippen LogP contribution >= 0.6 is 11.3 Å². The van der Waals surface area contributed by atoms with Crippen LogP contribution in [0.25, 0.3) is 11.3 Å². The van der Waals surface area contributed by atoms with E-state index in [1.54, 1.807) is 24.6 Å². The summed E-state index contributed by atoms with van der Waals surface area (Å²) in [5.41, 5.74) is 4.59. The molecule has 152 valence electrons. The summed E-state index contributed by atoms with van der Waals surface area (Å²) < 4.78 is 1.93. The maximum Gasteiger partial charge on any atom is 0.191 e. The summed E-state index contributed by atoms with van der Waals surface area (Å²) in [7, 11) is 1.78. The highest BCUT2D eigenvalue weighted by Gasteiger charge is 2.07. The molecule has 0 saturated carbocycles. The predicted molar refractivity (Wildman–Crippen MR) is 122 cm³/mol. The second-order valence-electron chi connectivity index (χ2n) is 6.74. The first-order valence-electron chi connectivity index (χ1n) is 9.80. The van der Waals surface area contributed by atoms with Gasteiger partial charge in [0.1, 0.15) is 5.01 Å². The van der Waals surface area contributed by atoms with E-state index >= 15 is 0 Å². The highest BCUT2D eigenvalue weighted by molar-refractivity contribution is 7.09. The maximum absolute atomic E-state index is 4.72. The number of aromatic nitrogens is 3. The zero-order chi connectivity index (χ0) is 20.6. The molecule has 2 heterocycles. The Kier molecular flexibility index (Phi) is 6.51. The van der Waals surface area contributed by atoms with E-state index in [1.807, 2.05) is 35.1 Å². The van der Waals surface area contributed by atoms with Gasteiger partial charge < -0.3 is 10.6 Å². The summed E-state index contributed by atoms with van der Waals surface area (Å²) >= 11 is 1.65. The molecule has 2 aromatic heterocycles. The average Bonchev–Trinajstić information content (AvgIpc) is 3.48. The van der Waals surface area contributed by atoms with Crippen LogP contribution in [0.5, 0.6) is 0 Å². The zero-order valence-corrected chi connectivity index (χ0v) is 17.6. The third-order valence-corrected chi connectivity index (χ3v) is 5.56. The number of benzene rings is 2. The Bertz CT molecular complexity index is 1090. The van der Waals surface area contributed by atoms with Gasteiger partial charge in [-0.3, -0.25) is 9.67 Å². The van der Waals surface area contributed by atoms with E-state index in [4.69, 9.17) is 4.98 Å². The minimum absolute atomic E-state index is 0.631. The first-order chi connectivity index (χ1) is 14.8. The van der Waals surface area contributed by atoms with Gasteiger partial charge in [0.2, 0.25) is 0 Å². The van der Waals surface area contributed by atoms with Crippen LogP contribution in [0.15, 0.2) is 83.4 Å². The molecular weight excluding hydrogens is 392 g/mol. The van der Waals surface area contributed by atoms with Crippen molar-refractivity contribution in [2.75, 3.05) is 7.05 Å². The molecule has 0 bridgehead atoms. The molecule has 0 saturated heterocycles. The molecule has 4 rings (SSSR count). The fraction of sp³-hybridized carbons (Fsp3) is 0.174. The van der Waals surface area contributed by atoms with Gasteiger partial charge in [-0.2, -0.15) is 5.10 Å². The van der Waals surface area contributed by atoms with Gasteiger partial charge in [0.05, 0.1) is 18.8 Å². The zero-order valence-electron chi connectivity index (χ0n) is 16.8. The Labute approximate surface area is 180 Å². The Morgan fingerprint density at radius 3 is 2.50 bits per heavy atom. The molecule has 0 radical (unpaired) electrons. The van der Waals surface area contributed by atoms with Crippen molar-refractivity contribution < 1.29 is 0 Å². The molecule has 0 spiro atoms. The van der Waals surface area contributed by atoms with Crippen LogP contribution in [-0.2, 0) is 19.6 Å². The van der Waals surface area contributed by atoms with Gasteiger partial charge in [-0.25, -0.2) is 4.98 Å². The number of guanidine groups is 1. The molecule has 0 unspecified atom stereocenters. The van der Waals surface area contributed by atoms with Gasteiger partial charge in [-0.15, -0.1) is 11.3 Å². The molecule has 0 atom stereocenters. The predicted octanol–water partition coefficient (Wildman–Crippen LogP) is 3.92. The molecule has 0 aliphatic heterocycles. The number of nitrogens with one attached hydrogen (secondary N) is 2. The number of hydrogen-bond donors (Lipinski definition) is 2. The number of aliphatic imine (C=N–C) groups is 1. The lowest BCUT2D eigenvalue weighted by molar-refractivity contribution is 0.677. The molecule has 0 aliphatic rings. The molecule has 0 amide bonds. The molecule has 2 N–H and O–H groups in total. The minimum Gasteiger partial charge on any atom is -0.352 e. The number of nitrogens with zero attached hydrogens (tertiary/aromatic N) is 4. The number of hydrogen-bond acceptors (Lipinski definition) is 4. The third kappa shape index (κ3) is 5.12. The van der Waals surface area contributed by atoms with Crippen molar-refractivity contribution in [1.82, 2.24) is 25.4 Å². The van der Waals surface area contributed by atoms with Crippen LogP contribution in [0.4, 0.5) is 0 Å². The smallest absolute Gasteiger partial charge is 0.191 e. The fourth-order valence-electron chi connectivity index (χ4n) is 3.15. The van der Waals surface area contributed by atoms with Crippen LogP contribution in [0.2, 0.25) is 0 Å². The first-order valence-corrected chi connectivity index (χ1v) is 10.7. The summed E-state index contributed by atoms with van der Waals surface area (Å²) in [6.07, 6.45) is 3.77. The Morgan fingerprint density at radius 2 is 1.73 bits per heavy atom. The van der Waals surface area contributed by atoms with Crippen molar-refractivity contribution in [3.8, 4) is 11.3 Å². The van der Waals surface area contributed by atoms with Crippen molar-refractivity contribution in [2.45, 2.75) is 19.6 Å². The van der Waals surface area contributed by atoms with E-state index < -0.39 is 0 Å². The van der Waals surface area contributed by atoms with Crippen molar-refractivity contribution in [1.29, 1.82) is 0 Å². The molecular formula is C23H24N6S. The lowest BCUT2D eigenvalue weighted by Gasteiger charge is -2.14. The van der Waals surface area contributed by atoms with Crippen LogP contribution in [-0.4, -0.2) is 27.8 Å². The number of rotatable bonds is 7. The molecule has 30 heavy (non-hydrogen) atoms. The van der Waals surface area contributed by atoms with Gasteiger partial charge in [0.25, 0.3) is 0 Å². The summed E-state index contributed by atoms with van der Waals surface area (Å²) in [5, 5.41) is 14.2. The summed E-state index contributed by atoms with van der Waals surface area (Å²) in [5.74, 6) is 0.750. The second-order valence-corrected chi connectivity index (χ2v) is 7.69. The van der Waals surface area contributed by atoms with Crippen LogP contribution in [0.3, 0.4) is 0 Å². The lowest BCUT2D eigenvalue weighted by Crippen LogP contribution is -2.36. The molecule has 4 aromatic rings.